The molecule has 2 fully saturated rings. The summed E-state index contributed by atoms with van der Waals surface area (Å²) in [5, 5.41) is 12.8. The van der Waals surface area contributed by atoms with E-state index < -0.39 is 6.04 Å². The van der Waals surface area contributed by atoms with E-state index in [0.717, 1.165) is 19.7 Å². The van der Waals surface area contributed by atoms with Crippen molar-refractivity contribution in [2.45, 2.75) is 31.0 Å². The molecular weight excluding hydrogens is 236 g/mol. The minimum atomic E-state index is -0.616. The van der Waals surface area contributed by atoms with Crippen LogP contribution < -0.4 is 5.73 Å². The Balaban J connectivity index is 1.69. The number of hydrogen-bond donors (Lipinski definition) is 2. The molecule has 3 heterocycles. The zero-order valence-corrected chi connectivity index (χ0v) is 10.2. The predicted molar refractivity (Wildman–Crippen MR) is 61.6 cm³/mol. The Bertz CT molecular complexity index is 411. The van der Waals surface area contributed by atoms with Crippen LogP contribution in [0.3, 0.4) is 0 Å². The van der Waals surface area contributed by atoms with Crippen molar-refractivity contribution in [2.24, 2.45) is 5.73 Å². The molecule has 2 unspecified atom stereocenters. The first-order chi connectivity index (χ1) is 8.78. The van der Waals surface area contributed by atoms with Crippen molar-refractivity contribution in [1.29, 1.82) is 0 Å². The van der Waals surface area contributed by atoms with E-state index >= 15 is 0 Å². The van der Waals surface area contributed by atoms with Gasteiger partial charge >= 0.3 is 0 Å². The predicted octanol–water partition coefficient (Wildman–Crippen LogP) is -0.403. The molecule has 100 valence electrons. The van der Waals surface area contributed by atoms with E-state index in [4.69, 9.17) is 20.1 Å². The number of aliphatic hydroxyl groups excluding tert-OH is 1. The van der Waals surface area contributed by atoms with Crippen LogP contribution in [-0.4, -0.2) is 52.5 Å². The van der Waals surface area contributed by atoms with Gasteiger partial charge in [-0.2, -0.15) is 4.98 Å². The summed E-state index contributed by atoms with van der Waals surface area (Å²) >= 11 is 0. The molecule has 2 saturated heterocycles. The summed E-state index contributed by atoms with van der Waals surface area (Å²) in [6.45, 7) is 2.44. The molecule has 1 aromatic heterocycles. The van der Waals surface area contributed by atoms with Crippen LogP contribution in [0.25, 0.3) is 0 Å². The lowest BCUT2D eigenvalue weighted by atomic mass is 10.2. The second-order valence-electron chi connectivity index (χ2n) is 4.89. The lowest BCUT2D eigenvalue weighted by Gasteiger charge is -2.33. The van der Waals surface area contributed by atoms with Crippen LogP contribution in [0.2, 0.25) is 0 Å². The van der Waals surface area contributed by atoms with Gasteiger partial charge in [0.25, 0.3) is 0 Å². The molecule has 3 atom stereocenters. The summed E-state index contributed by atoms with van der Waals surface area (Å²) < 4.78 is 10.8. The average molecular weight is 254 g/mol. The van der Waals surface area contributed by atoms with Gasteiger partial charge in [0.15, 0.2) is 0 Å². The first kappa shape index (κ1) is 12.0. The number of nitrogens with two attached hydrogens (primary N) is 1. The molecule has 1 aromatic rings. The molecule has 0 radical (unpaired) electrons. The average Bonchev–Trinajstić information content (AvgIpc) is 3.05. The number of fused-ring (bicyclic) bond motifs is 1. The number of morpholine rings is 1. The van der Waals surface area contributed by atoms with E-state index in [2.05, 4.69) is 15.0 Å². The van der Waals surface area contributed by atoms with Crippen LogP contribution in [0, 0.1) is 0 Å². The third-order valence-corrected chi connectivity index (χ3v) is 3.65. The van der Waals surface area contributed by atoms with Crippen LogP contribution in [0.5, 0.6) is 0 Å². The highest BCUT2D eigenvalue weighted by Crippen LogP contribution is 2.29. The van der Waals surface area contributed by atoms with E-state index in [1.54, 1.807) is 0 Å². The standard InChI is InChI=1S/C11H18N4O3/c12-8(5-16)11-13-10(14-18-11)9-4-15-3-1-2-7(15)6-17-9/h7-9,16H,1-6,12H2/t7?,8-,9?/m1/s1. The molecular formula is C11H18N4O3. The maximum absolute atomic E-state index is 8.94. The van der Waals surface area contributed by atoms with Gasteiger partial charge in [0, 0.05) is 12.6 Å². The fraction of sp³-hybridized carbons (Fsp3) is 0.818. The smallest absolute Gasteiger partial charge is 0.246 e. The quantitative estimate of drug-likeness (QED) is 0.757. The molecule has 18 heavy (non-hydrogen) atoms. The minimum Gasteiger partial charge on any atom is -0.394 e. The van der Waals surface area contributed by atoms with Gasteiger partial charge in [0.05, 0.1) is 13.2 Å². The van der Waals surface area contributed by atoms with Crippen LogP contribution in [0.15, 0.2) is 4.52 Å². The molecule has 3 rings (SSSR count). The fourth-order valence-electron chi connectivity index (χ4n) is 2.58. The SMILES string of the molecule is N[C@H](CO)c1nc(C2CN3CCCC3CO2)no1. The number of hydrogen-bond acceptors (Lipinski definition) is 7. The molecule has 7 heteroatoms. The Labute approximate surface area is 105 Å². The monoisotopic (exact) mass is 254 g/mol. The van der Waals surface area contributed by atoms with Gasteiger partial charge in [-0.05, 0) is 19.4 Å². The van der Waals surface area contributed by atoms with Gasteiger partial charge in [-0.25, -0.2) is 0 Å². The summed E-state index contributed by atoms with van der Waals surface area (Å²) in [5.74, 6) is 0.791. The number of aliphatic hydroxyl groups is 1. The van der Waals surface area contributed by atoms with E-state index in [1.165, 1.54) is 12.8 Å². The summed E-state index contributed by atoms with van der Waals surface area (Å²) in [6, 6.07) is -0.0679. The second kappa shape index (κ2) is 4.93. The third kappa shape index (κ3) is 2.14. The topological polar surface area (TPSA) is 97.6 Å². The van der Waals surface area contributed by atoms with Crippen molar-refractivity contribution in [3.63, 3.8) is 0 Å². The molecule has 2 aliphatic rings. The van der Waals surface area contributed by atoms with Crippen molar-refractivity contribution >= 4 is 0 Å². The molecule has 0 spiro atoms. The maximum atomic E-state index is 8.94. The molecule has 3 N–H and O–H groups in total. The zero-order valence-electron chi connectivity index (χ0n) is 10.2. The number of nitrogens with zero attached hydrogens (tertiary/aromatic N) is 3. The van der Waals surface area contributed by atoms with Crippen LogP contribution in [0.1, 0.15) is 36.7 Å². The molecule has 2 aliphatic heterocycles. The van der Waals surface area contributed by atoms with Crippen molar-refractivity contribution in [3.8, 4) is 0 Å². The summed E-state index contributed by atoms with van der Waals surface area (Å²) in [6.07, 6.45) is 2.29. The highest BCUT2D eigenvalue weighted by molar-refractivity contribution is 4.99. The molecule has 0 aromatic carbocycles. The maximum Gasteiger partial charge on any atom is 0.246 e. The molecule has 7 nitrogen and oxygen atoms in total. The Morgan fingerprint density at radius 2 is 2.44 bits per heavy atom. The number of aromatic nitrogens is 2. The van der Waals surface area contributed by atoms with E-state index in [0.29, 0.717) is 11.9 Å². The molecule has 0 saturated carbocycles. The summed E-state index contributed by atoms with van der Waals surface area (Å²) in [4.78, 5) is 6.62. The molecule has 0 bridgehead atoms. The van der Waals surface area contributed by atoms with Gasteiger partial charge in [0.2, 0.25) is 11.7 Å². The van der Waals surface area contributed by atoms with Gasteiger partial charge in [-0.15, -0.1) is 0 Å². The van der Waals surface area contributed by atoms with Crippen molar-refractivity contribution in [2.75, 3.05) is 26.3 Å². The lowest BCUT2D eigenvalue weighted by molar-refractivity contribution is -0.0548. The number of ether oxygens (including phenoxy) is 1. The highest BCUT2D eigenvalue weighted by atomic mass is 16.5. The first-order valence-corrected chi connectivity index (χ1v) is 6.33. The highest BCUT2D eigenvalue weighted by Gasteiger charge is 2.35. The van der Waals surface area contributed by atoms with Gasteiger partial charge in [-0.3, -0.25) is 4.90 Å². The zero-order chi connectivity index (χ0) is 12.5. The van der Waals surface area contributed by atoms with Crippen LogP contribution >= 0.6 is 0 Å². The van der Waals surface area contributed by atoms with Gasteiger partial charge < -0.3 is 20.1 Å². The van der Waals surface area contributed by atoms with Crippen molar-refractivity contribution in [3.05, 3.63) is 11.7 Å². The van der Waals surface area contributed by atoms with Crippen LogP contribution in [0.4, 0.5) is 0 Å². The van der Waals surface area contributed by atoms with Gasteiger partial charge in [-0.1, -0.05) is 5.16 Å². The largest absolute Gasteiger partial charge is 0.394 e. The first-order valence-electron chi connectivity index (χ1n) is 6.33. The van der Waals surface area contributed by atoms with E-state index in [1.807, 2.05) is 0 Å². The minimum absolute atomic E-state index is 0.150. The normalized spacial score (nSPS) is 30.3. The summed E-state index contributed by atoms with van der Waals surface area (Å²) in [5.41, 5.74) is 5.63. The molecule has 0 amide bonds. The van der Waals surface area contributed by atoms with Crippen molar-refractivity contribution in [1.82, 2.24) is 15.0 Å². The van der Waals surface area contributed by atoms with Crippen molar-refractivity contribution < 1.29 is 14.4 Å². The van der Waals surface area contributed by atoms with E-state index in [-0.39, 0.29) is 18.6 Å². The van der Waals surface area contributed by atoms with E-state index in [9.17, 15) is 0 Å². The second-order valence-corrected chi connectivity index (χ2v) is 4.89. The fourth-order valence-corrected chi connectivity index (χ4v) is 2.58. The molecule has 0 aliphatic carbocycles. The Morgan fingerprint density at radius 1 is 1.56 bits per heavy atom. The Kier molecular flexibility index (Phi) is 3.29. The summed E-state index contributed by atoms with van der Waals surface area (Å²) in [7, 11) is 0. The Hall–Kier alpha value is -1.02. The Morgan fingerprint density at radius 3 is 3.28 bits per heavy atom. The van der Waals surface area contributed by atoms with Gasteiger partial charge in [0.1, 0.15) is 12.1 Å². The lowest BCUT2D eigenvalue weighted by Crippen LogP contribution is -2.42. The third-order valence-electron chi connectivity index (χ3n) is 3.65. The van der Waals surface area contributed by atoms with Crippen LogP contribution in [-0.2, 0) is 4.74 Å². The number of rotatable bonds is 3.